The number of hydrogen-bond donors (Lipinski definition) is 0. The molecule has 12 rings (SSSR count). The molecule has 0 unspecified atom stereocenters. The van der Waals surface area contributed by atoms with Gasteiger partial charge in [-0.05, 0) is 181 Å². The predicted octanol–water partition coefficient (Wildman–Crippen LogP) is 21.2. The largest absolute Gasteiger partial charge is 0.454 e. The van der Waals surface area contributed by atoms with Crippen LogP contribution in [0.3, 0.4) is 0 Å². The molecule has 3 heterocycles. The van der Waals surface area contributed by atoms with E-state index in [9.17, 15) is 0 Å². The molecular weight excluding hydrogens is 1030 g/mol. The van der Waals surface area contributed by atoms with Crippen molar-refractivity contribution in [1.82, 2.24) is 0 Å². The molecule has 2 aliphatic heterocycles. The van der Waals surface area contributed by atoms with Crippen molar-refractivity contribution in [2.45, 2.75) is 171 Å². The highest BCUT2D eigenvalue weighted by molar-refractivity contribution is 7.00. The first-order valence-corrected chi connectivity index (χ1v) is 31.0. The molecule has 5 heteroatoms. The monoisotopic (exact) mass is 1120 g/mol. The van der Waals surface area contributed by atoms with Crippen LogP contribution in [0.4, 0.5) is 51.2 Å². The summed E-state index contributed by atoms with van der Waals surface area (Å²) in [6.45, 7) is 46.3. The summed E-state index contributed by atoms with van der Waals surface area (Å²) in [5.74, 6) is 0. The van der Waals surface area contributed by atoms with Gasteiger partial charge in [-0.15, -0.1) is 0 Å². The van der Waals surface area contributed by atoms with Crippen molar-refractivity contribution in [2.75, 3.05) is 14.7 Å². The van der Waals surface area contributed by atoms with Gasteiger partial charge in [0.05, 0.1) is 22.4 Å². The van der Waals surface area contributed by atoms with E-state index in [4.69, 9.17) is 4.42 Å². The first-order valence-electron chi connectivity index (χ1n) is 31.0. The minimum absolute atomic E-state index is 0.00156. The summed E-state index contributed by atoms with van der Waals surface area (Å²) in [5, 5.41) is 2.15. The van der Waals surface area contributed by atoms with Gasteiger partial charge in [0.1, 0.15) is 5.58 Å². The second-order valence-corrected chi connectivity index (χ2v) is 31.0. The molecule has 432 valence electrons. The van der Waals surface area contributed by atoms with Crippen LogP contribution in [-0.2, 0) is 32.5 Å². The van der Waals surface area contributed by atoms with Crippen LogP contribution in [0.2, 0.25) is 0 Å². The molecule has 0 amide bonds. The van der Waals surface area contributed by atoms with Crippen LogP contribution in [0.5, 0.6) is 0 Å². The van der Waals surface area contributed by atoms with Crippen LogP contribution < -0.4 is 31.1 Å². The molecule has 0 atom stereocenters. The fraction of sp³-hybridized carbons (Fsp3) is 0.325. The quantitative estimate of drug-likeness (QED) is 0.155. The van der Waals surface area contributed by atoms with E-state index >= 15 is 0 Å². The zero-order valence-corrected chi connectivity index (χ0v) is 54.5. The molecule has 0 fully saturated rings. The molecular formula is C80H88BN3O. The number of anilines is 9. The Morgan fingerprint density at radius 1 is 0.365 bits per heavy atom. The number of hydrogen-bond acceptors (Lipinski definition) is 4. The Balaban J connectivity index is 1.20. The highest BCUT2D eigenvalue weighted by atomic mass is 16.3. The molecule has 0 spiro atoms. The Morgan fingerprint density at radius 3 is 1.25 bits per heavy atom. The van der Waals surface area contributed by atoms with E-state index in [1.807, 2.05) is 0 Å². The number of rotatable bonds is 6. The smallest absolute Gasteiger partial charge is 0.252 e. The fourth-order valence-corrected chi connectivity index (χ4v) is 13.3. The Kier molecular flexibility index (Phi) is 13.5. The number of para-hydroxylation sites is 1. The van der Waals surface area contributed by atoms with Crippen molar-refractivity contribution < 1.29 is 4.42 Å². The molecule has 9 aromatic carbocycles. The standard InChI is InChI=1S/C80H88BN3O/c1-49-41-50(2)43-51(42-49)61-44-54(77(9,10)11)29-36-64(61)83-65-37-30-55(78(12,13)14)45-62(65)81-63-46-56(79(15,16)17)31-38-66(63)84(70-48-57(80(18,19)20)47-69(83)73(70)81)68-40-39-67(72-60-23-21-22-24-71(60)85-74(68)72)82(58-32-25-52(26-33-58)75(3,4)5)59-34-27-53(28-35-59)76(6,7)8/h21-48H,1-20H3. The van der Waals surface area contributed by atoms with Crippen molar-refractivity contribution in [3.63, 3.8) is 0 Å². The lowest BCUT2D eigenvalue weighted by Gasteiger charge is -2.46. The Bertz CT molecular complexity index is 4190. The highest BCUT2D eigenvalue weighted by Crippen LogP contribution is 2.53. The molecule has 0 saturated carbocycles. The predicted molar refractivity (Wildman–Crippen MR) is 370 cm³/mol. The van der Waals surface area contributed by atoms with E-state index in [1.54, 1.807) is 0 Å². The van der Waals surface area contributed by atoms with Crippen molar-refractivity contribution in [1.29, 1.82) is 0 Å². The maximum atomic E-state index is 7.47. The number of fused-ring (bicyclic) bond motifs is 7. The maximum absolute atomic E-state index is 7.47. The third-order valence-electron chi connectivity index (χ3n) is 18.2. The summed E-state index contributed by atoms with van der Waals surface area (Å²) in [7, 11) is 0. The lowest BCUT2D eigenvalue weighted by Crippen LogP contribution is -2.62. The number of furan rings is 1. The van der Waals surface area contributed by atoms with Gasteiger partial charge in [-0.3, -0.25) is 0 Å². The van der Waals surface area contributed by atoms with E-state index in [2.05, 4.69) is 323 Å². The summed E-state index contributed by atoms with van der Waals surface area (Å²) < 4.78 is 7.47. The first kappa shape index (κ1) is 57.7. The van der Waals surface area contributed by atoms with Crippen molar-refractivity contribution in [3.05, 3.63) is 214 Å². The molecule has 0 saturated heterocycles. The fourth-order valence-electron chi connectivity index (χ4n) is 13.3. The third kappa shape index (κ3) is 10.2. The highest BCUT2D eigenvalue weighted by Gasteiger charge is 2.46. The molecule has 0 N–H and O–H groups in total. The van der Waals surface area contributed by atoms with Crippen LogP contribution in [0.1, 0.15) is 169 Å². The van der Waals surface area contributed by atoms with Crippen LogP contribution >= 0.6 is 0 Å². The van der Waals surface area contributed by atoms with E-state index in [-0.39, 0.29) is 39.2 Å². The topological polar surface area (TPSA) is 22.9 Å². The average Bonchev–Trinajstić information content (AvgIpc) is 1.22. The maximum Gasteiger partial charge on any atom is 0.252 e. The van der Waals surface area contributed by atoms with Crippen LogP contribution in [-0.4, -0.2) is 6.71 Å². The summed E-state index contributed by atoms with van der Waals surface area (Å²) in [6, 6.07) is 66.0. The molecule has 4 nitrogen and oxygen atoms in total. The van der Waals surface area contributed by atoms with Crippen LogP contribution in [0, 0.1) is 13.8 Å². The zero-order chi connectivity index (χ0) is 60.8. The number of nitrogens with zero attached hydrogens (tertiary/aromatic N) is 3. The van der Waals surface area contributed by atoms with Gasteiger partial charge >= 0.3 is 0 Å². The average molecular weight is 1120 g/mol. The normalized spacial score (nSPS) is 13.8. The van der Waals surface area contributed by atoms with Gasteiger partial charge in [0, 0.05) is 45.1 Å². The summed E-state index contributed by atoms with van der Waals surface area (Å²) in [4.78, 5) is 7.69. The van der Waals surface area contributed by atoms with Gasteiger partial charge in [0.25, 0.3) is 6.71 Å². The minimum Gasteiger partial charge on any atom is -0.454 e. The van der Waals surface area contributed by atoms with Crippen LogP contribution in [0.25, 0.3) is 33.1 Å². The van der Waals surface area contributed by atoms with Gasteiger partial charge < -0.3 is 19.1 Å². The lowest BCUT2D eigenvalue weighted by atomic mass is 9.33. The Labute approximate surface area is 509 Å². The molecule has 0 bridgehead atoms. The SMILES string of the molecule is Cc1cc(C)cc(-c2cc(C(C)(C)C)ccc2N2c3ccc(C(C)(C)C)cc3B3c4cc(C(C)(C)C)ccc4N(c4ccc(N(c5ccc(C(C)(C)C)cc5)c5ccc(C(C)(C)C)cc5)c5c4oc4ccccc45)c4cc(C(C)(C)C)cc2c43)c1. The minimum atomic E-state index is -0.220. The van der Waals surface area contributed by atoms with Crippen molar-refractivity contribution in [2.24, 2.45) is 0 Å². The number of aryl methyl sites for hydroxylation is 2. The van der Waals surface area contributed by atoms with E-state index in [1.165, 1.54) is 94.8 Å². The van der Waals surface area contributed by atoms with Gasteiger partial charge in [-0.1, -0.05) is 227 Å². The first-order chi connectivity index (χ1) is 39.8. The second kappa shape index (κ2) is 19.9. The van der Waals surface area contributed by atoms with Gasteiger partial charge in [-0.25, -0.2) is 0 Å². The van der Waals surface area contributed by atoms with E-state index in [0.29, 0.717) is 0 Å². The second-order valence-electron chi connectivity index (χ2n) is 31.0. The lowest BCUT2D eigenvalue weighted by molar-refractivity contribution is 0.589. The molecule has 0 aliphatic carbocycles. The number of benzene rings is 9. The summed E-state index contributed by atoms with van der Waals surface area (Å²) >= 11 is 0. The van der Waals surface area contributed by atoms with Crippen molar-refractivity contribution in [3.8, 4) is 11.1 Å². The van der Waals surface area contributed by atoms with Gasteiger partial charge in [-0.2, -0.15) is 0 Å². The van der Waals surface area contributed by atoms with Crippen molar-refractivity contribution >= 4 is 96.2 Å². The zero-order valence-electron chi connectivity index (χ0n) is 54.5. The Hall–Kier alpha value is -7.76. The molecule has 85 heavy (non-hydrogen) atoms. The summed E-state index contributed by atoms with van der Waals surface area (Å²) in [5.41, 5.74) is 28.0. The Morgan fingerprint density at radius 2 is 0.776 bits per heavy atom. The molecule has 10 aromatic rings. The van der Waals surface area contributed by atoms with Gasteiger partial charge in [0.2, 0.25) is 0 Å². The molecule has 2 aliphatic rings. The van der Waals surface area contributed by atoms with E-state index < -0.39 is 0 Å². The van der Waals surface area contributed by atoms with E-state index in [0.717, 1.165) is 50.4 Å². The van der Waals surface area contributed by atoms with Crippen LogP contribution in [0.15, 0.2) is 174 Å². The molecule has 1 aromatic heterocycles. The third-order valence-corrected chi connectivity index (χ3v) is 18.2. The molecule has 0 radical (unpaired) electrons. The summed E-state index contributed by atoms with van der Waals surface area (Å²) in [6.07, 6.45) is 0. The van der Waals surface area contributed by atoms with Gasteiger partial charge in [0.15, 0.2) is 5.58 Å².